The second-order valence-electron chi connectivity index (χ2n) is 5.92. The van der Waals surface area contributed by atoms with Gasteiger partial charge in [-0.1, -0.05) is 30.3 Å². The van der Waals surface area contributed by atoms with E-state index in [-0.39, 0.29) is 17.8 Å². The first-order valence-electron chi connectivity index (χ1n) is 7.10. The third-order valence-electron chi connectivity index (χ3n) is 3.44. The van der Waals surface area contributed by atoms with Crippen LogP contribution >= 0.6 is 0 Å². The summed E-state index contributed by atoms with van der Waals surface area (Å²) in [6, 6.07) is 9.72. The highest BCUT2D eigenvalue weighted by Crippen LogP contribution is 2.22. The molecular formula is C16H23NO3. The smallest absolute Gasteiger partial charge is 0.410 e. The molecule has 0 spiro atoms. The predicted octanol–water partition coefficient (Wildman–Crippen LogP) is 3.21. The first kappa shape index (κ1) is 14.9. The number of hydrogen-bond donors (Lipinski definition) is 0. The van der Waals surface area contributed by atoms with Crippen LogP contribution in [0.2, 0.25) is 0 Å². The monoisotopic (exact) mass is 277 g/mol. The SMILES string of the molecule is CC1CN(C(=O)OCc2ccccc2)CCC(C)(C)O1. The van der Waals surface area contributed by atoms with Gasteiger partial charge in [-0.2, -0.15) is 0 Å². The van der Waals surface area contributed by atoms with Gasteiger partial charge in [0.1, 0.15) is 6.61 Å². The molecule has 110 valence electrons. The molecule has 1 atom stereocenters. The van der Waals surface area contributed by atoms with Crippen molar-refractivity contribution in [1.82, 2.24) is 4.90 Å². The predicted molar refractivity (Wildman–Crippen MR) is 77.4 cm³/mol. The Labute approximate surface area is 120 Å². The lowest BCUT2D eigenvalue weighted by Gasteiger charge is -2.25. The van der Waals surface area contributed by atoms with Crippen LogP contribution in [0.4, 0.5) is 4.79 Å². The zero-order valence-corrected chi connectivity index (χ0v) is 12.5. The number of carbonyl (C=O) groups is 1. The average molecular weight is 277 g/mol. The van der Waals surface area contributed by atoms with E-state index in [4.69, 9.17) is 9.47 Å². The molecule has 20 heavy (non-hydrogen) atoms. The lowest BCUT2D eigenvalue weighted by Crippen LogP contribution is -2.36. The van der Waals surface area contributed by atoms with E-state index in [0.29, 0.717) is 19.7 Å². The fourth-order valence-corrected chi connectivity index (χ4v) is 2.42. The minimum Gasteiger partial charge on any atom is -0.445 e. The molecule has 1 aliphatic heterocycles. The van der Waals surface area contributed by atoms with Gasteiger partial charge in [-0.05, 0) is 32.8 Å². The molecule has 1 aliphatic rings. The van der Waals surface area contributed by atoms with Crippen molar-refractivity contribution in [2.45, 2.75) is 45.5 Å². The summed E-state index contributed by atoms with van der Waals surface area (Å²) in [6.45, 7) is 7.67. The Morgan fingerprint density at radius 1 is 1.40 bits per heavy atom. The summed E-state index contributed by atoms with van der Waals surface area (Å²) in [6.07, 6.45) is 0.580. The van der Waals surface area contributed by atoms with Crippen LogP contribution in [-0.4, -0.2) is 35.8 Å². The second-order valence-corrected chi connectivity index (χ2v) is 5.92. The molecule has 1 saturated heterocycles. The fraction of sp³-hybridized carbons (Fsp3) is 0.562. The van der Waals surface area contributed by atoms with Crippen LogP contribution in [0.25, 0.3) is 0 Å². The number of ether oxygens (including phenoxy) is 2. The van der Waals surface area contributed by atoms with E-state index in [1.807, 2.05) is 37.3 Å². The van der Waals surface area contributed by atoms with Gasteiger partial charge in [0.2, 0.25) is 0 Å². The Balaban J connectivity index is 1.89. The number of carbonyl (C=O) groups excluding carboxylic acids is 1. The lowest BCUT2D eigenvalue weighted by molar-refractivity contribution is -0.0554. The Morgan fingerprint density at radius 2 is 2.10 bits per heavy atom. The van der Waals surface area contributed by atoms with Crippen molar-refractivity contribution >= 4 is 6.09 Å². The third-order valence-corrected chi connectivity index (χ3v) is 3.44. The van der Waals surface area contributed by atoms with Crippen LogP contribution in [0.3, 0.4) is 0 Å². The summed E-state index contributed by atoms with van der Waals surface area (Å²) in [4.78, 5) is 13.9. The van der Waals surface area contributed by atoms with Crippen LogP contribution in [-0.2, 0) is 16.1 Å². The molecule has 0 aliphatic carbocycles. The van der Waals surface area contributed by atoms with Crippen LogP contribution in [0.1, 0.15) is 32.8 Å². The number of benzene rings is 1. The van der Waals surface area contributed by atoms with Crippen molar-refractivity contribution in [3.8, 4) is 0 Å². The second kappa shape index (κ2) is 6.27. The largest absolute Gasteiger partial charge is 0.445 e. The molecule has 4 heteroatoms. The summed E-state index contributed by atoms with van der Waals surface area (Å²) in [5.41, 5.74) is 0.814. The standard InChI is InChI=1S/C16H23NO3/c1-13-11-17(10-9-16(2,3)20-13)15(18)19-12-14-7-5-4-6-8-14/h4-8,13H,9-12H2,1-3H3. The molecule has 1 amide bonds. The molecule has 1 unspecified atom stereocenters. The van der Waals surface area contributed by atoms with E-state index >= 15 is 0 Å². The van der Waals surface area contributed by atoms with Gasteiger partial charge in [0.25, 0.3) is 0 Å². The molecule has 0 radical (unpaired) electrons. The van der Waals surface area contributed by atoms with Gasteiger partial charge in [-0.3, -0.25) is 0 Å². The highest BCUT2D eigenvalue weighted by molar-refractivity contribution is 5.67. The van der Waals surface area contributed by atoms with Crippen molar-refractivity contribution in [1.29, 1.82) is 0 Å². The van der Waals surface area contributed by atoms with Gasteiger partial charge in [0, 0.05) is 13.1 Å². The summed E-state index contributed by atoms with van der Waals surface area (Å²) in [5.74, 6) is 0. The first-order valence-corrected chi connectivity index (χ1v) is 7.10. The zero-order valence-electron chi connectivity index (χ0n) is 12.5. The molecule has 0 saturated carbocycles. The normalized spacial score (nSPS) is 22.1. The van der Waals surface area contributed by atoms with Crippen LogP contribution in [0, 0.1) is 0 Å². The number of nitrogens with zero attached hydrogens (tertiary/aromatic N) is 1. The summed E-state index contributed by atoms with van der Waals surface area (Å²) in [7, 11) is 0. The number of rotatable bonds is 2. The summed E-state index contributed by atoms with van der Waals surface area (Å²) >= 11 is 0. The van der Waals surface area contributed by atoms with Gasteiger partial charge in [0.05, 0.1) is 11.7 Å². The number of amides is 1. The van der Waals surface area contributed by atoms with Crippen molar-refractivity contribution in [2.24, 2.45) is 0 Å². The molecule has 0 bridgehead atoms. The molecule has 1 aromatic carbocycles. The quantitative estimate of drug-likeness (QED) is 0.833. The molecule has 1 heterocycles. The van der Waals surface area contributed by atoms with Crippen molar-refractivity contribution in [2.75, 3.05) is 13.1 Å². The van der Waals surface area contributed by atoms with E-state index in [1.54, 1.807) is 4.90 Å². The maximum absolute atomic E-state index is 12.1. The Hall–Kier alpha value is -1.55. The van der Waals surface area contributed by atoms with Gasteiger partial charge < -0.3 is 14.4 Å². The summed E-state index contributed by atoms with van der Waals surface area (Å²) < 4.78 is 11.3. The molecule has 0 aromatic heterocycles. The first-order chi connectivity index (χ1) is 9.46. The molecule has 0 N–H and O–H groups in total. The van der Waals surface area contributed by atoms with E-state index in [9.17, 15) is 4.79 Å². The molecule has 4 nitrogen and oxygen atoms in total. The van der Waals surface area contributed by atoms with E-state index in [1.165, 1.54) is 0 Å². The van der Waals surface area contributed by atoms with Gasteiger partial charge >= 0.3 is 6.09 Å². The Bertz CT molecular complexity index is 444. The van der Waals surface area contributed by atoms with Crippen LogP contribution in [0.15, 0.2) is 30.3 Å². The molecule has 2 rings (SSSR count). The van der Waals surface area contributed by atoms with E-state index in [0.717, 1.165) is 12.0 Å². The molecule has 1 aromatic rings. The van der Waals surface area contributed by atoms with E-state index in [2.05, 4.69) is 13.8 Å². The van der Waals surface area contributed by atoms with Gasteiger partial charge in [-0.25, -0.2) is 4.79 Å². The maximum Gasteiger partial charge on any atom is 0.410 e. The Morgan fingerprint density at radius 3 is 2.80 bits per heavy atom. The summed E-state index contributed by atoms with van der Waals surface area (Å²) in [5, 5.41) is 0. The maximum atomic E-state index is 12.1. The lowest BCUT2D eigenvalue weighted by atomic mass is 10.1. The van der Waals surface area contributed by atoms with Crippen molar-refractivity contribution < 1.29 is 14.3 Å². The highest BCUT2D eigenvalue weighted by atomic mass is 16.6. The third kappa shape index (κ3) is 4.23. The highest BCUT2D eigenvalue weighted by Gasteiger charge is 2.30. The minimum absolute atomic E-state index is 0.0248. The number of hydrogen-bond acceptors (Lipinski definition) is 3. The zero-order chi connectivity index (χ0) is 14.6. The van der Waals surface area contributed by atoms with E-state index < -0.39 is 0 Å². The van der Waals surface area contributed by atoms with Crippen molar-refractivity contribution in [3.05, 3.63) is 35.9 Å². The topological polar surface area (TPSA) is 38.8 Å². The van der Waals surface area contributed by atoms with Crippen LogP contribution in [0.5, 0.6) is 0 Å². The average Bonchev–Trinajstić information content (AvgIpc) is 2.54. The molecular weight excluding hydrogens is 254 g/mol. The minimum atomic E-state index is -0.262. The fourth-order valence-electron chi connectivity index (χ4n) is 2.42. The molecule has 1 fully saturated rings. The Kier molecular flexibility index (Phi) is 4.65. The van der Waals surface area contributed by atoms with Gasteiger partial charge in [0.15, 0.2) is 0 Å². The van der Waals surface area contributed by atoms with Crippen molar-refractivity contribution in [3.63, 3.8) is 0 Å². The van der Waals surface area contributed by atoms with Gasteiger partial charge in [-0.15, -0.1) is 0 Å². The van der Waals surface area contributed by atoms with Crippen LogP contribution < -0.4 is 0 Å².